The summed E-state index contributed by atoms with van der Waals surface area (Å²) in [5.74, 6) is 0.0144. The summed E-state index contributed by atoms with van der Waals surface area (Å²) in [6.45, 7) is 7.59. The summed E-state index contributed by atoms with van der Waals surface area (Å²) >= 11 is 0. The topological polar surface area (TPSA) is 94.7 Å². The lowest BCUT2D eigenvalue weighted by Crippen LogP contribution is -2.14. The van der Waals surface area contributed by atoms with Gasteiger partial charge in [-0.3, -0.25) is 9.59 Å². The van der Waals surface area contributed by atoms with Gasteiger partial charge in [0.05, 0.1) is 30.0 Å². The van der Waals surface area contributed by atoms with Crippen molar-refractivity contribution in [2.75, 3.05) is 19.8 Å². The number of Topliss-reactive ketones (excluding diaryl/α,β-unsaturated/α-hetero) is 1. The van der Waals surface area contributed by atoms with Crippen LogP contribution in [0.1, 0.15) is 62.7 Å². The number of H-pyrrole nitrogens is 1. The number of hydrogen-bond donors (Lipinski definition) is 1. The van der Waals surface area contributed by atoms with Gasteiger partial charge in [-0.25, -0.2) is 4.79 Å². The van der Waals surface area contributed by atoms with E-state index in [1.165, 1.54) is 0 Å². The molecule has 28 heavy (non-hydrogen) atoms. The third-order valence-corrected chi connectivity index (χ3v) is 4.14. The molecule has 0 aliphatic heterocycles. The lowest BCUT2D eigenvalue weighted by Gasteiger charge is -2.11. The van der Waals surface area contributed by atoms with Crippen molar-refractivity contribution in [3.8, 4) is 11.5 Å². The Hall–Kier alpha value is -3.09. The number of aldehydes is 1. The molecule has 0 fully saturated rings. The van der Waals surface area contributed by atoms with Crippen molar-refractivity contribution >= 4 is 18.0 Å². The highest BCUT2D eigenvalue weighted by molar-refractivity contribution is 6.02. The third-order valence-electron chi connectivity index (χ3n) is 4.14. The number of aromatic amines is 1. The van der Waals surface area contributed by atoms with Crippen LogP contribution >= 0.6 is 0 Å². The number of rotatable bonds is 10. The molecular formula is C21H25NO6. The van der Waals surface area contributed by atoms with Crippen LogP contribution in [0.2, 0.25) is 0 Å². The first-order valence-corrected chi connectivity index (χ1v) is 9.17. The van der Waals surface area contributed by atoms with Crippen LogP contribution in [0.25, 0.3) is 0 Å². The number of aromatic nitrogens is 1. The number of aryl methyl sites for hydroxylation is 1. The number of carbonyl (C=O) groups excluding carboxylic acids is 3. The van der Waals surface area contributed by atoms with Gasteiger partial charge in [0.25, 0.3) is 0 Å². The fourth-order valence-electron chi connectivity index (χ4n) is 2.80. The first-order chi connectivity index (χ1) is 13.4. The van der Waals surface area contributed by atoms with Gasteiger partial charge >= 0.3 is 5.97 Å². The standard InChI is InChI=1S/C21H25NO6/c1-5-9-27-16-8-7-15(11-23)18(10-16)28-12-17(24)20-13(3)19(14(4)22-20)21(25)26-6-2/h7-8,10-11,22H,5-6,9,12H2,1-4H3. The largest absolute Gasteiger partial charge is 0.493 e. The minimum Gasteiger partial charge on any atom is -0.493 e. The van der Waals surface area contributed by atoms with Gasteiger partial charge in [0.15, 0.2) is 12.9 Å². The quantitative estimate of drug-likeness (QED) is 0.380. The summed E-state index contributed by atoms with van der Waals surface area (Å²) in [4.78, 5) is 38.9. The highest BCUT2D eigenvalue weighted by Crippen LogP contribution is 2.25. The summed E-state index contributed by atoms with van der Waals surface area (Å²) in [6.07, 6.45) is 1.50. The van der Waals surface area contributed by atoms with Crippen LogP contribution < -0.4 is 9.47 Å². The lowest BCUT2D eigenvalue weighted by atomic mass is 10.1. The van der Waals surface area contributed by atoms with Crippen LogP contribution in [0, 0.1) is 13.8 Å². The normalized spacial score (nSPS) is 10.4. The van der Waals surface area contributed by atoms with Crippen molar-refractivity contribution in [2.45, 2.75) is 34.1 Å². The minimum absolute atomic E-state index is 0.250. The zero-order valence-electron chi connectivity index (χ0n) is 16.6. The second kappa shape index (κ2) is 9.73. The molecule has 0 aliphatic rings. The van der Waals surface area contributed by atoms with Gasteiger partial charge in [-0.1, -0.05) is 6.92 Å². The Morgan fingerprint density at radius 1 is 1.14 bits per heavy atom. The van der Waals surface area contributed by atoms with Crippen LogP contribution in [0.4, 0.5) is 0 Å². The van der Waals surface area contributed by atoms with E-state index in [2.05, 4.69) is 4.98 Å². The van der Waals surface area contributed by atoms with E-state index in [0.29, 0.717) is 41.0 Å². The van der Waals surface area contributed by atoms with Crippen molar-refractivity contribution in [1.82, 2.24) is 4.98 Å². The number of carbonyl (C=O) groups is 3. The number of nitrogens with one attached hydrogen (secondary N) is 1. The predicted octanol–water partition coefficient (Wildman–Crippen LogP) is 3.67. The first-order valence-electron chi connectivity index (χ1n) is 9.17. The molecule has 1 heterocycles. The molecule has 0 saturated carbocycles. The Balaban J connectivity index is 2.17. The highest BCUT2D eigenvalue weighted by Gasteiger charge is 2.23. The van der Waals surface area contributed by atoms with E-state index < -0.39 is 5.97 Å². The first kappa shape index (κ1) is 21.2. The second-order valence-corrected chi connectivity index (χ2v) is 6.22. The molecule has 1 aromatic carbocycles. The lowest BCUT2D eigenvalue weighted by molar-refractivity contribution is 0.0525. The Morgan fingerprint density at radius 2 is 1.89 bits per heavy atom. The number of esters is 1. The molecule has 0 amide bonds. The molecule has 150 valence electrons. The molecule has 0 radical (unpaired) electrons. The summed E-state index contributed by atoms with van der Waals surface area (Å²) in [6, 6.07) is 4.85. The van der Waals surface area contributed by atoms with Gasteiger partial charge < -0.3 is 19.2 Å². The van der Waals surface area contributed by atoms with E-state index in [0.717, 1.165) is 6.42 Å². The van der Waals surface area contributed by atoms with Crippen LogP contribution in [0.3, 0.4) is 0 Å². The fourth-order valence-corrected chi connectivity index (χ4v) is 2.80. The maximum absolute atomic E-state index is 12.6. The van der Waals surface area contributed by atoms with Crippen molar-refractivity contribution in [3.63, 3.8) is 0 Å². The Bertz CT molecular complexity index is 868. The summed E-state index contributed by atoms with van der Waals surface area (Å²) in [5.41, 5.74) is 2.03. The average Bonchev–Trinajstić information content (AvgIpc) is 2.98. The van der Waals surface area contributed by atoms with Gasteiger partial charge in [0.2, 0.25) is 5.78 Å². The molecule has 0 saturated heterocycles. The van der Waals surface area contributed by atoms with E-state index in [-0.39, 0.29) is 30.4 Å². The molecule has 1 aromatic heterocycles. The van der Waals surface area contributed by atoms with Gasteiger partial charge in [-0.05, 0) is 44.9 Å². The summed E-state index contributed by atoms with van der Waals surface area (Å²) in [5, 5.41) is 0. The van der Waals surface area contributed by atoms with E-state index in [1.807, 2.05) is 6.92 Å². The third kappa shape index (κ3) is 4.79. The fraction of sp³-hybridized carbons (Fsp3) is 0.381. The molecule has 2 rings (SSSR count). The maximum atomic E-state index is 12.6. The molecule has 7 nitrogen and oxygen atoms in total. The molecular weight excluding hydrogens is 362 g/mol. The van der Waals surface area contributed by atoms with Crippen molar-refractivity contribution in [3.05, 3.63) is 46.3 Å². The molecule has 0 unspecified atom stereocenters. The average molecular weight is 387 g/mol. The van der Waals surface area contributed by atoms with Crippen LogP contribution in [-0.2, 0) is 4.74 Å². The Kier molecular flexibility index (Phi) is 7.37. The van der Waals surface area contributed by atoms with E-state index in [4.69, 9.17) is 14.2 Å². The van der Waals surface area contributed by atoms with Crippen molar-refractivity contribution in [2.24, 2.45) is 0 Å². The second-order valence-electron chi connectivity index (χ2n) is 6.22. The monoisotopic (exact) mass is 387 g/mol. The molecule has 0 spiro atoms. The minimum atomic E-state index is -0.474. The van der Waals surface area contributed by atoms with Crippen molar-refractivity contribution in [1.29, 1.82) is 0 Å². The number of ketones is 1. The summed E-state index contributed by atoms with van der Waals surface area (Å²) in [7, 11) is 0. The highest BCUT2D eigenvalue weighted by atomic mass is 16.5. The van der Waals surface area contributed by atoms with E-state index in [1.54, 1.807) is 39.0 Å². The predicted molar refractivity (Wildman–Crippen MR) is 104 cm³/mol. The van der Waals surface area contributed by atoms with Gasteiger partial charge in [0, 0.05) is 11.8 Å². The molecule has 7 heteroatoms. The van der Waals surface area contributed by atoms with Crippen LogP contribution in [-0.4, -0.2) is 42.8 Å². The number of hydrogen-bond acceptors (Lipinski definition) is 6. The molecule has 2 aromatic rings. The van der Waals surface area contributed by atoms with E-state index in [9.17, 15) is 14.4 Å². The Morgan fingerprint density at radius 3 is 2.54 bits per heavy atom. The maximum Gasteiger partial charge on any atom is 0.340 e. The van der Waals surface area contributed by atoms with Crippen molar-refractivity contribution < 1.29 is 28.6 Å². The van der Waals surface area contributed by atoms with E-state index >= 15 is 0 Å². The van der Waals surface area contributed by atoms with Gasteiger partial charge in [-0.2, -0.15) is 0 Å². The van der Waals surface area contributed by atoms with Crippen LogP contribution in [0.5, 0.6) is 11.5 Å². The summed E-state index contributed by atoms with van der Waals surface area (Å²) < 4.78 is 16.1. The van der Waals surface area contributed by atoms with Gasteiger partial charge in [-0.15, -0.1) is 0 Å². The molecule has 0 aliphatic carbocycles. The zero-order valence-corrected chi connectivity index (χ0v) is 16.6. The molecule has 0 bridgehead atoms. The Labute approximate surface area is 164 Å². The van der Waals surface area contributed by atoms with Crippen LogP contribution in [0.15, 0.2) is 18.2 Å². The van der Waals surface area contributed by atoms with Gasteiger partial charge in [0.1, 0.15) is 11.5 Å². The SMILES string of the molecule is CCCOc1ccc(C=O)c(OCC(=O)c2[nH]c(C)c(C(=O)OCC)c2C)c1. The number of ether oxygens (including phenoxy) is 3. The number of benzene rings is 1. The molecule has 1 N–H and O–H groups in total. The smallest absolute Gasteiger partial charge is 0.340 e. The molecule has 0 atom stereocenters. The zero-order chi connectivity index (χ0) is 20.7.